The lowest BCUT2D eigenvalue weighted by atomic mass is 10.2. The second kappa shape index (κ2) is 4.47. The van der Waals surface area contributed by atoms with Gasteiger partial charge in [0, 0.05) is 12.0 Å². The van der Waals surface area contributed by atoms with Crippen LogP contribution in [-0.4, -0.2) is 16.7 Å². The van der Waals surface area contributed by atoms with Crippen molar-refractivity contribution in [2.24, 2.45) is 0 Å². The second-order valence-corrected chi connectivity index (χ2v) is 3.48. The molecule has 4 heteroatoms. The Hall–Kier alpha value is -1.32. The van der Waals surface area contributed by atoms with Crippen molar-refractivity contribution < 1.29 is 9.52 Å². The van der Waals surface area contributed by atoms with Crippen LogP contribution in [0, 0.1) is 0 Å². The van der Waals surface area contributed by atoms with E-state index in [-0.39, 0.29) is 6.61 Å². The van der Waals surface area contributed by atoms with Crippen molar-refractivity contribution in [2.45, 2.75) is 6.42 Å². The number of rotatable bonds is 3. The van der Waals surface area contributed by atoms with E-state index < -0.39 is 0 Å². The van der Waals surface area contributed by atoms with Crippen LogP contribution >= 0.6 is 11.6 Å². The van der Waals surface area contributed by atoms with Crippen LogP contribution in [0.4, 0.5) is 0 Å². The molecule has 0 fully saturated rings. The van der Waals surface area contributed by atoms with Gasteiger partial charge in [0.25, 0.3) is 0 Å². The summed E-state index contributed by atoms with van der Waals surface area (Å²) in [6.07, 6.45) is 2.04. The highest BCUT2D eigenvalue weighted by molar-refractivity contribution is 6.33. The van der Waals surface area contributed by atoms with E-state index in [1.165, 1.54) is 0 Å². The molecule has 1 heterocycles. The molecule has 15 heavy (non-hydrogen) atoms. The van der Waals surface area contributed by atoms with E-state index in [0.29, 0.717) is 23.1 Å². The molecule has 1 aromatic heterocycles. The van der Waals surface area contributed by atoms with Crippen molar-refractivity contribution >= 4 is 11.6 Å². The summed E-state index contributed by atoms with van der Waals surface area (Å²) in [6.45, 7) is 0.0302. The zero-order chi connectivity index (χ0) is 10.7. The van der Waals surface area contributed by atoms with Crippen LogP contribution in [0.25, 0.3) is 11.3 Å². The molecule has 0 spiro atoms. The Labute approximate surface area is 92.3 Å². The minimum absolute atomic E-state index is 0.0302. The lowest BCUT2D eigenvalue weighted by Gasteiger charge is -1.98. The van der Waals surface area contributed by atoms with Crippen LogP contribution in [0.5, 0.6) is 0 Å². The molecule has 0 saturated carbocycles. The van der Waals surface area contributed by atoms with E-state index in [2.05, 4.69) is 4.98 Å². The highest BCUT2D eigenvalue weighted by Crippen LogP contribution is 2.27. The summed E-state index contributed by atoms with van der Waals surface area (Å²) in [5, 5.41) is 9.36. The first-order valence-corrected chi connectivity index (χ1v) is 4.99. The molecule has 0 saturated heterocycles. The fourth-order valence-electron chi connectivity index (χ4n) is 1.31. The summed E-state index contributed by atoms with van der Waals surface area (Å²) in [4.78, 5) is 4.04. The van der Waals surface area contributed by atoms with Gasteiger partial charge in [-0.3, -0.25) is 0 Å². The number of halogens is 1. The van der Waals surface area contributed by atoms with Crippen LogP contribution < -0.4 is 0 Å². The quantitative estimate of drug-likeness (QED) is 0.870. The van der Waals surface area contributed by atoms with E-state index in [1.807, 2.05) is 18.2 Å². The number of hydrogen-bond acceptors (Lipinski definition) is 3. The number of benzene rings is 1. The third kappa shape index (κ3) is 2.19. The number of nitrogens with zero attached hydrogens (tertiary/aromatic N) is 1. The topological polar surface area (TPSA) is 46.3 Å². The average molecular weight is 224 g/mol. The van der Waals surface area contributed by atoms with Gasteiger partial charge in [-0.15, -0.1) is 0 Å². The van der Waals surface area contributed by atoms with Gasteiger partial charge in [0.05, 0.1) is 17.8 Å². The SMILES string of the molecule is OCCc1ncc(-c2ccccc2Cl)o1. The zero-order valence-corrected chi connectivity index (χ0v) is 8.74. The zero-order valence-electron chi connectivity index (χ0n) is 7.98. The van der Waals surface area contributed by atoms with Crippen molar-refractivity contribution in [3.05, 3.63) is 41.4 Å². The molecular weight excluding hydrogens is 214 g/mol. The first kappa shape index (κ1) is 10.2. The van der Waals surface area contributed by atoms with Crippen molar-refractivity contribution in [2.75, 3.05) is 6.61 Å². The fourth-order valence-corrected chi connectivity index (χ4v) is 1.54. The number of aliphatic hydroxyl groups excluding tert-OH is 1. The van der Waals surface area contributed by atoms with Gasteiger partial charge in [0.15, 0.2) is 11.7 Å². The highest BCUT2D eigenvalue weighted by Gasteiger charge is 2.08. The van der Waals surface area contributed by atoms with Gasteiger partial charge in [0.1, 0.15) is 0 Å². The standard InChI is InChI=1S/C11H10ClNO2/c12-9-4-2-1-3-8(9)10-7-13-11(15-10)5-6-14/h1-4,7,14H,5-6H2. The Morgan fingerprint density at radius 1 is 1.33 bits per heavy atom. The average Bonchev–Trinajstić information content (AvgIpc) is 2.68. The Kier molecular flexibility index (Phi) is 3.04. The van der Waals surface area contributed by atoms with Crippen molar-refractivity contribution in [1.82, 2.24) is 4.98 Å². The Bertz CT molecular complexity index is 453. The summed E-state index contributed by atoms with van der Waals surface area (Å²) in [5.74, 6) is 1.15. The molecule has 3 nitrogen and oxygen atoms in total. The molecule has 2 aromatic rings. The number of hydrogen-bond donors (Lipinski definition) is 1. The van der Waals surface area contributed by atoms with Crippen LogP contribution in [0.1, 0.15) is 5.89 Å². The molecule has 0 bridgehead atoms. The summed E-state index contributed by atoms with van der Waals surface area (Å²) >= 11 is 6.01. The van der Waals surface area contributed by atoms with Gasteiger partial charge in [0.2, 0.25) is 0 Å². The molecule has 0 aliphatic carbocycles. The number of aliphatic hydroxyl groups is 1. The van der Waals surface area contributed by atoms with Crippen LogP contribution in [-0.2, 0) is 6.42 Å². The Morgan fingerprint density at radius 2 is 2.13 bits per heavy atom. The van der Waals surface area contributed by atoms with Crippen molar-refractivity contribution in [3.8, 4) is 11.3 Å². The monoisotopic (exact) mass is 223 g/mol. The molecular formula is C11H10ClNO2. The molecule has 0 aliphatic heterocycles. The normalized spacial score (nSPS) is 10.5. The fraction of sp³-hybridized carbons (Fsp3) is 0.182. The van der Waals surface area contributed by atoms with Crippen molar-refractivity contribution in [3.63, 3.8) is 0 Å². The van der Waals surface area contributed by atoms with E-state index in [4.69, 9.17) is 21.1 Å². The van der Waals surface area contributed by atoms with Crippen LogP contribution in [0.2, 0.25) is 5.02 Å². The lowest BCUT2D eigenvalue weighted by molar-refractivity contribution is 0.285. The molecule has 1 N–H and O–H groups in total. The number of oxazole rings is 1. The summed E-state index contributed by atoms with van der Waals surface area (Å²) in [5.41, 5.74) is 0.816. The minimum atomic E-state index is 0.0302. The maximum Gasteiger partial charge on any atom is 0.197 e. The Morgan fingerprint density at radius 3 is 2.87 bits per heavy atom. The third-order valence-electron chi connectivity index (χ3n) is 2.02. The molecule has 0 amide bonds. The van der Waals surface area contributed by atoms with Crippen LogP contribution in [0.15, 0.2) is 34.9 Å². The smallest absolute Gasteiger partial charge is 0.197 e. The summed E-state index contributed by atoms with van der Waals surface area (Å²) in [6, 6.07) is 7.41. The molecule has 2 rings (SSSR count). The Balaban J connectivity index is 2.33. The molecule has 0 aliphatic rings. The molecule has 1 aromatic carbocycles. The maximum absolute atomic E-state index is 8.73. The number of aromatic nitrogens is 1. The third-order valence-corrected chi connectivity index (χ3v) is 2.35. The predicted molar refractivity (Wildman–Crippen MR) is 57.7 cm³/mol. The maximum atomic E-state index is 8.73. The first-order chi connectivity index (χ1) is 7.31. The molecule has 0 atom stereocenters. The van der Waals surface area contributed by atoms with Gasteiger partial charge in [-0.2, -0.15) is 0 Å². The van der Waals surface area contributed by atoms with E-state index in [1.54, 1.807) is 12.3 Å². The van der Waals surface area contributed by atoms with Gasteiger partial charge < -0.3 is 9.52 Å². The summed E-state index contributed by atoms with van der Waals surface area (Å²) < 4.78 is 5.44. The predicted octanol–water partition coefficient (Wildman–Crippen LogP) is 2.53. The van der Waals surface area contributed by atoms with Gasteiger partial charge in [-0.05, 0) is 12.1 Å². The van der Waals surface area contributed by atoms with Gasteiger partial charge >= 0.3 is 0 Å². The summed E-state index contributed by atoms with van der Waals surface area (Å²) in [7, 11) is 0. The minimum Gasteiger partial charge on any atom is -0.441 e. The molecule has 78 valence electrons. The van der Waals surface area contributed by atoms with E-state index >= 15 is 0 Å². The van der Waals surface area contributed by atoms with E-state index in [0.717, 1.165) is 5.56 Å². The first-order valence-electron chi connectivity index (χ1n) is 4.61. The van der Waals surface area contributed by atoms with Gasteiger partial charge in [-0.25, -0.2) is 4.98 Å². The second-order valence-electron chi connectivity index (χ2n) is 3.07. The van der Waals surface area contributed by atoms with E-state index in [9.17, 15) is 0 Å². The van der Waals surface area contributed by atoms with Crippen LogP contribution in [0.3, 0.4) is 0 Å². The van der Waals surface area contributed by atoms with Crippen molar-refractivity contribution in [1.29, 1.82) is 0 Å². The molecule has 0 radical (unpaired) electrons. The lowest BCUT2D eigenvalue weighted by Crippen LogP contribution is -1.88. The largest absolute Gasteiger partial charge is 0.441 e. The van der Waals surface area contributed by atoms with Gasteiger partial charge in [-0.1, -0.05) is 23.7 Å². The highest BCUT2D eigenvalue weighted by atomic mass is 35.5. The molecule has 0 unspecified atom stereocenters.